The molecule has 0 aliphatic rings. The van der Waals surface area contributed by atoms with E-state index in [1.807, 2.05) is 29.8 Å². The van der Waals surface area contributed by atoms with Crippen molar-refractivity contribution in [3.8, 4) is 17.2 Å². The number of methoxy groups -OCH3 is 3. The second-order valence-corrected chi connectivity index (χ2v) is 5.46. The van der Waals surface area contributed by atoms with Crippen molar-refractivity contribution in [2.45, 2.75) is 20.0 Å². The summed E-state index contributed by atoms with van der Waals surface area (Å²) in [5.41, 5.74) is 0.964. The standard InChI is InChI=1S/C18H27N5O3.HI/c1-5-20-18(21-7-9-23-8-6-19-13-23)22-12-14-10-15(24-2)17(26-4)16(11-14)25-3;/h6,8,10-11,13H,5,7,9,12H2,1-4H3,(H2,20,21,22);1H. The van der Waals surface area contributed by atoms with Crippen LogP contribution < -0.4 is 24.8 Å². The average Bonchev–Trinajstić information content (AvgIpc) is 3.18. The molecule has 0 radical (unpaired) electrons. The zero-order valence-corrected chi connectivity index (χ0v) is 18.5. The topological polar surface area (TPSA) is 81.9 Å². The number of halogens is 1. The van der Waals surface area contributed by atoms with E-state index < -0.39 is 0 Å². The molecule has 1 aromatic carbocycles. The average molecular weight is 489 g/mol. The lowest BCUT2D eigenvalue weighted by atomic mass is 10.2. The summed E-state index contributed by atoms with van der Waals surface area (Å²) in [6.45, 7) is 4.86. The maximum absolute atomic E-state index is 5.39. The highest BCUT2D eigenvalue weighted by Gasteiger charge is 2.13. The van der Waals surface area contributed by atoms with Gasteiger partial charge in [-0.2, -0.15) is 0 Å². The van der Waals surface area contributed by atoms with Gasteiger partial charge in [0.2, 0.25) is 5.75 Å². The number of rotatable bonds is 9. The zero-order valence-electron chi connectivity index (χ0n) is 16.2. The Morgan fingerprint density at radius 3 is 2.33 bits per heavy atom. The number of guanidine groups is 1. The molecule has 9 heteroatoms. The summed E-state index contributed by atoms with van der Waals surface area (Å²) in [6.07, 6.45) is 5.49. The Hall–Kier alpha value is -2.17. The van der Waals surface area contributed by atoms with Crippen LogP contribution in [0.25, 0.3) is 0 Å². The molecular formula is C18H28IN5O3. The van der Waals surface area contributed by atoms with Gasteiger partial charge in [0, 0.05) is 32.0 Å². The second kappa shape index (κ2) is 12.3. The minimum absolute atomic E-state index is 0. The lowest BCUT2D eigenvalue weighted by molar-refractivity contribution is 0.324. The van der Waals surface area contributed by atoms with Crippen LogP contribution in [0.15, 0.2) is 35.8 Å². The van der Waals surface area contributed by atoms with Crippen molar-refractivity contribution in [2.24, 2.45) is 4.99 Å². The van der Waals surface area contributed by atoms with Gasteiger partial charge in [-0.1, -0.05) is 0 Å². The predicted octanol–water partition coefficient (Wildman–Crippen LogP) is 2.28. The van der Waals surface area contributed by atoms with Crippen LogP contribution >= 0.6 is 24.0 Å². The van der Waals surface area contributed by atoms with E-state index in [4.69, 9.17) is 14.2 Å². The van der Waals surface area contributed by atoms with Gasteiger partial charge in [-0.25, -0.2) is 9.98 Å². The van der Waals surface area contributed by atoms with Crippen molar-refractivity contribution in [3.63, 3.8) is 0 Å². The van der Waals surface area contributed by atoms with Gasteiger partial charge >= 0.3 is 0 Å². The quantitative estimate of drug-likeness (QED) is 0.320. The van der Waals surface area contributed by atoms with Crippen molar-refractivity contribution in [2.75, 3.05) is 34.4 Å². The summed E-state index contributed by atoms with van der Waals surface area (Å²) < 4.78 is 18.1. The molecule has 1 aromatic heterocycles. The third-order valence-corrected chi connectivity index (χ3v) is 3.71. The Kier molecular flexibility index (Phi) is 10.4. The normalized spacial score (nSPS) is 10.7. The Bertz CT molecular complexity index is 682. The fourth-order valence-electron chi connectivity index (χ4n) is 2.46. The molecule has 0 aliphatic heterocycles. The summed E-state index contributed by atoms with van der Waals surface area (Å²) in [6, 6.07) is 3.81. The molecule has 0 amide bonds. The van der Waals surface area contributed by atoms with Crippen molar-refractivity contribution in [3.05, 3.63) is 36.4 Å². The summed E-state index contributed by atoms with van der Waals surface area (Å²) in [4.78, 5) is 8.66. The van der Waals surface area contributed by atoms with Crippen LogP contribution in [0.5, 0.6) is 17.2 Å². The van der Waals surface area contributed by atoms with Crippen molar-refractivity contribution in [1.29, 1.82) is 0 Å². The van der Waals surface area contributed by atoms with Crippen molar-refractivity contribution < 1.29 is 14.2 Å². The summed E-state index contributed by atoms with van der Waals surface area (Å²) >= 11 is 0. The Morgan fingerprint density at radius 1 is 1.11 bits per heavy atom. The largest absolute Gasteiger partial charge is 0.493 e. The molecule has 8 nitrogen and oxygen atoms in total. The van der Waals surface area contributed by atoms with Gasteiger partial charge in [0.25, 0.3) is 0 Å². The van der Waals surface area contributed by atoms with Gasteiger partial charge in [-0.15, -0.1) is 24.0 Å². The number of benzene rings is 1. The number of aromatic nitrogens is 2. The second-order valence-electron chi connectivity index (χ2n) is 5.46. The van der Waals surface area contributed by atoms with Crippen LogP contribution in [0.3, 0.4) is 0 Å². The minimum Gasteiger partial charge on any atom is -0.493 e. The number of ether oxygens (including phenoxy) is 3. The molecule has 2 rings (SSSR count). The fraction of sp³-hybridized carbons (Fsp3) is 0.444. The number of imidazole rings is 1. The zero-order chi connectivity index (χ0) is 18.8. The molecule has 0 saturated carbocycles. The fourth-order valence-corrected chi connectivity index (χ4v) is 2.46. The first-order valence-corrected chi connectivity index (χ1v) is 8.48. The molecule has 0 saturated heterocycles. The Balaban J connectivity index is 0.00000364. The molecular weight excluding hydrogens is 461 g/mol. The highest BCUT2D eigenvalue weighted by molar-refractivity contribution is 14.0. The maximum Gasteiger partial charge on any atom is 0.203 e. The highest BCUT2D eigenvalue weighted by Crippen LogP contribution is 2.38. The lowest BCUT2D eigenvalue weighted by Crippen LogP contribution is -2.38. The van der Waals surface area contributed by atoms with Crippen LogP contribution in [0, 0.1) is 0 Å². The number of aliphatic imine (C=N–C) groups is 1. The van der Waals surface area contributed by atoms with Crippen LogP contribution in [0.1, 0.15) is 12.5 Å². The van der Waals surface area contributed by atoms with Gasteiger partial charge in [-0.3, -0.25) is 0 Å². The molecule has 0 aliphatic carbocycles. The predicted molar refractivity (Wildman–Crippen MR) is 117 cm³/mol. The molecule has 0 spiro atoms. The summed E-state index contributed by atoms with van der Waals surface area (Å²) in [5, 5.41) is 6.55. The smallest absolute Gasteiger partial charge is 0.203 e. The third kappa shape index (κ3) is 6.81. The third-order valence-electron chi connectivity index (χ3n) is 3.71. The van der Waals surface area contributed by atoms with E-state index in [0.29, 0.717) is 23.8 Å². The number of nitrogens with one attached hydrogen (secondary N) is 2. The molecule has 150 valence electrons. The van der Waals surface area contributed by atoms with E-state index >= 15 is 0 Å². The SMILES string of the molecule is CCNC(=NCc1cc(OC)c(OC)c(OC)c1)NCCn1ccnc1.I. The Labute approximate surface area is 177 Å². The van der Waals surface area contributed by atoms with Crippen LogP contribution in [-0.4, -0.2) is 49.9 Å². The monoisotopic (exact) mass is 489 g/mol. The van der Waals surface area contributed by atoms with Gasteiger partial charge in [-0.05, 0) is 24.6 Å². The number of hydrogen-bond donors (Lipinski definition) is 2. The first kappa shape index (κ1) is 22.9. The van der Waals surface area contributed by atoms with E-state index in [1.165, 1.54) is 0 Å². The van der Waals surface area contributed by atoms with E-state index in [2.05, 4.69) is 20.6 Å². The van der Waals surface area contributed by atoms with E-state index in [0.717, 1.165) is 31.2 Å². The summed E-state index contributed by atoms with van der Waals surface area (Å²) in [7, 11) is 4.80. The molecule has 2 aromatic rings. The number of hydrogen-bond acceptors (Lipinski definition) is 5. The first-order valence-electron chi connectivity index (χ1n) is 8.48. The molecule has 0 fully saturated rings. The van der Waals surface area contributed by atoms with E-state index in [1.54, 1.807) is 33.9 Å². The van der Waals surface area contributed by atoms with Gasteiger partial charge in [0.15, 0.2) is 17.5 Å². The van der Waals surface area contributed by atoms with E-state index in [-0.39, 0.29) is 24.0 Å². The summed E-state index contributed by atoms with van der Waals surface area (Å²) in [5.74, 6) is 2.57. The van der Waals surface area contributed by atoms with Crippen LogP contribution in [-0.2, 0) is 13.1 Å². The molecule has 0 atom stereocenters. The molecule has 0 unspecified atom stereocenters. The molecule has 2 N–H and O–H groups in total. The van der Waals surface area contributed by atoms with Crippen molar-refractivity contribution >= 4 is 29.9 Å². The molecule has 1 heterocycles. The molecule has 0 bridgehead atoms. The van der Waals surface area contributed by atoms with Crippen molar-refractivity contribution in [1.82, 2.24) is 20.2 Å². The van der Waals surface area contributed by atoms with Crippen LogP contribution in [0.4, 0.5) is 0 Å². The van der Waals surface area contributed by atoms with Gasteiger partial charge in [0.1, 0.15) is 0 Å². The highest BCUT2D eigenvalue weighted by atomic mass is 127. The van der Waals surface area contributed by atoms with Crippen LogP contribution in [0.2, 0.25) is 0 Å². The maximum atomic E-state index is 5.39. The first-order chi connectivity index (χ1) is 12.7. The lowest BCUT2D eigenvalue weighted by Gasteiger charge is -2.14. The van der Waals surface area contributed by atoms with Gasteiger partial charge < -0.3 is 29.4 Å². The Morgan fingerprint density at radius 2 is 1.81 bits per heavy atom. The minimum atomic E-state index is 0. The van der Waals surface area contributed by atoms with Gasteiger partial charge in [0.05, 0.1) is 34.2 Å². The van der Waals surface area contributed by atoms with E-state index in [9.17, 15) is 0 Å². The number of nitrogens with zero attached hydrogens (tertiary/aromatic N) is 3. The molecule has 27 heavy (non-hydrogen) atoms.